The first-order valence-corrected chi connectivity index (χ1v) is 11.5. The normalized spacial score (nSPS) is 23.8. The molecular weight excluding hydrogens is 348 g/mol. The van der Waals surface area contributed by atoms with Crippen molar-refractivity contribution in [3.8, 4) is 0 Å². The predicted molar refractivity (Wildman–Crippen MR) is 112 cm³/mol. The lowest BCUT2D eigenvalue weighted by molar-refractivity contribution is 0.179. The average molecular weight is 381 g/mol. The van der Waals surface area contributed by atoms with Crippen LogP contribution in [0.1, 0.15) is 31.1 Å². The summed E-state index contributed by atoms with van der Waals surface area (Å²) >= 11 is 3.99. The first kappa shape index (κ1) is 19.1. The summed E-state index contributed by atoms with van der Waals surface area (Å²) in [6.07, 6.45) is 3.84. The van der Waals surface area contributed by atoms with Gasteiger partial charge in [-0.3, -0.25) is 9.89 Å². The van der Waals surface area contributed by atoms with Crippen molar-refractivity contribution in [2.45, 2.75) is 38.0 Å². The molecule has 1 atom stereocenters. The van der Waals surface area contributed by atoms with Crippen LogP contribution in [0.3, 0.4) is 0 Å². The molecule has 1 aromatic rings. The van der Waals surface area contributed by atoms with Gasteiger partial charge in [0.15, 0.2) is 5.96 Å². The Labute approximate surface area is 161 Å². The van der Waals surface area contributed by atoms with Gasteiger partial charge in [-0.25, -0.2) is 0 Å². The zero-order valence-electron chi connectivity index (χ0n) is 15.6. The number of hydrogen-bond donors (Lipinski definition) is 1. The molecule has 1 unspecified atom stereocenters. The Kier molecular flexibility index (Phi) is 7.49. The predicted octanol–water partition coefficient (Wildman–Crippen LogP) is 3.36. The molecule has 0 saturated carbocycles. The summed E-state index contributed by atoms with van der Waals surface area (Å²) in [4.78, 5) is 11.1. The number of hydrogen-bond acceptors (Lipinski definition) is 4. The van der Waals surface area contributed by atoms with Gasteiger partial charge < -0.3 is 10.2 Å². The van der Waals surface area contributed by atoms with Gasteiger partial charge in [0.05, 0.1) is 0 Å². The second-order valence-electron chi connectivity index (χ2n) is 7.07. The molecule has 2 aliphatic rings. The van der Waals surface area contributed by atoms with E-state index in [0.29, 0.717) is 0 Å². The van der Waals surface area contributed by atoms with Gasteiger partial charge in [-0.05, 0) is 49.7 Å². The monoisotopic (exact) mass is 380 g/mol. The van der Waals surface area contributed by atoms with Gasteiger partial charge in [0, 0.05) is 49.1 Å². The Bertz CT molecular complexity index is 524. The second-order valence-corrected chi connectivity index (χ2v) is 9.51. The van der Waals surface area contributed by atoms with E-state index in [4.69, 9.17) is 0 Å². The molecule has 6 heteroatoms. The van der Waals surface area contributed by atoms with Gasteiger partial charge >= 0.3 is 0 Å². The quantitative estimate of drug-likeness (QED) is 0.627. The Morgan fingerprint density at radius 2 is 2.16 bits per heavy atom. The minimum absolute atomic E-state index is 0.757. The number of rotatable bonds is 5. The maximum atomic E-state index is 4.54. The van der Waals surface area contributed by atoms with Crippen LogP contribution in [0.4, 0.5) is 0 Å². The minimum Gasteiger partial charge on any atom is -0.356 e. The molecule has 3 heterocycles. The lowest BCUT2D eigenvalue weighted by Crippen LogP contribution is -2.49. The van der Waals surface area contributed by atoms with Crippen LogP contribution in [-0.2, 0) is 6.54 Å². The van der Waals surface area contributed by atoms with Crippen molar-refractivity contribution >= 4 is 29.1 Å². The summed E-state index contributed by atoms with van der Waals surface area (Å²) in [5.41, 5.74) is 0. The van der Waals surface area contributed by atoms with Crippen molar-refractivity contribution in [3.63, 3.8) is 0 Å². The van der Waals surface area contributed by atoms with E-state index in [1.165, 1.54) is 43.0 Å². The SMILES string of the molecule is CCC1CN(C(=NC)NCC2CCN(Cc3cccs3)CC2)CCS1. The highest BCUT2D eigenvalue weighted by Gasteiger charge is 2.23. The smallest absolute Gasteiger partial charge is 0.193 e. The van der Waals surface area contributed by atoms with Gasteiger partial charge in [-0.15, -0.1) is 11.3 Å². The van der Waals surface area contributed by atoms with Crippen LogP contribution in [0.5, 0.6) is 0 Å². The molecule has 4 nitrogen and oxygen atoms in total. The van der Waals surface area contributed by atoms with Crippen LogP contribution in [-0.4, -0.2) is 66.5 Å². The van der Waals surface area contributed by atoms with E-state index in [0.717, 1.165) is 43.3 Å². The molecule has 0 amide bonds. The number of nitrogens with zero attached hydrogens (tertiary/aromatic N) is 3. The van der Waals surface area contributed by atoms with E-state index >= 15 is 0 Å². The summed E-state index contributed by atoms with van der Waals surface area (Å²) in [5, 5.41) is 6.60. The van der Waals surface area contributed by atoms with Crippen molar-refractivity contribution in [1.82, 2.24) is 15.1 Å². The lowest BCUT2D eigenvalue weighted by atomic mass is 9.97. The van der Waals surface area contributed by atoms with E-state index in [2.05, 4.69) is 56.3 Å². The molecule has 3 rings (SSSR count). The van der Waals surface area contributed by atoms with Gasteiger partial charge in [0.1, 0.15) is 0 Å². The molecule has 1 N–H and O–H groups in total. The van der Waals surface area contributed by atoms with Crippen molar-refractivity contribution in [1.29, 1.82) is 0 Å². The highest BCUT2D eigenvalue weighted by molar-refractivity contribution is 8.00. The Hall–Kier alpha value is -0.720. The van der Waals surface area contributed by atoms with Crippen LogP contribution in [0.25, 0.3) is 0 Å². The van der Waals surface area contributed by atoms with Gasteiger partial charge in [0.25, 0.3) is 0 Å². The third-order valence-electron chi connectivity index (χ3n) is 5.32. The zero-order chi connectivity index (χ0) is 17.5. The molecule has 2 saturated heterocycles. The average Bonchev–Trinajstić information content (AvgIpc) is 3.17. The first-order valence-electron chi connectivity index (χ1n) is 9.60. The fraction of sp³-hybridized carbons (Fsp3) is 0.737. The molecule has 25 heavy (non-hydrogen) atoms. The number of nitrogens with one attached hydrogen (secondary N) is 1. The van der Waals surface area contributed by atoms with Crippen LogP contribution in [0.15, 0.2) is 22.5 Å². The standard InChI is InChI=1S/C19H32N4S2/c1-3-17-15-23(10-12-25-17)19(20-2)21-13-16-6-8-22(9-7-16)14-18-5-4-11-24-18/h4-5,11,16-17H,3,6-10,12-15H2,1-2H3,(H,20,21). The van der Waals surface area contributed by atoms with Crippen molar-refractivity contribution in [3.05, 3.63) is 22.4 Å². The third-order valence-corrected chi connectivity index (χ3v) is 7.55. The van der Waals surface area contributed by atoms with Crippen LogP contribution < -0.4 is 5.32 Å². The number of thioether (sulfide) groups is 1. The van der Waals surface area contributed by atoms with Crippen molar-refractivity contribution in [2.24, 2.45) is 10.9 Å². The largest absolute Gasteiger partial charge is 0.356 e. The molecule has 2 fully saturated rings. The van der Waals surface area contributed by atoms with E-state index < -0.39 is 0 Å². The molecule has 0 radical (unpaired) electrons. The maximum absolute atomic E-state index is 4.54. The molecule has 1 aromatic heterocycles. The highest BCUT2D eigenvalue weighted by Crippen LogP contribution is 2.22. The second kappa shape index (κ2) is 9.83. The number of likely N-dealkylation sites (tertiary alicyclic amines) is 1. The summed E-state index contributed by atoms with van der Waals surface area (Å²) < 4.78 is 0. The maximum Gasteiger partial charge on any atom is 0.193 e. The number of guanidine groups is 1. The molecule has 0 aliphatic carbocycles. The summed E-state index contributed by atoms with van der Waals surface area (Å²) in [6.45, 7) is 9.20. The Morgan fingerprint density at radius 1 is 1.32 bits per heavy atom. The first-order chi connectivity index (χ1) is 12.3. The minimum atomic E-state index is 0.757. The van der Waals surface area contributed by atoms with Crippen molar-refractivity contribution in [2.75, 3.05) is 45.5 Å². The van der Waals surface area contributed by atoms with Crippen molar-refractivity contribution < 1.29 is 0 Å². The fourth-order valence-corrected chi connectivity index (χ4v) is 5.62. The van der Waals surface area contributed by atoms with E-state index in [9.17, 15) is 0 Å². The van der Waals surface area contributed by atoms with Gasteiger partial charge in [0.2, 0.25) is 0 Å². The molecule has 2 aliphatic heterocycles. The fourth-order valence-electron chi connectivity index (χ4n) is 3.70. The number of aliphatic imine (C=N–C) groups is 1. The summed E-state index contributed by atoms with van der Waals surface area (Å²) in [5.74, 6) is 3.11. The van der Waals surface area contributed by atoms with Crippen LogP contribution in [0, 0.1) is 5.92 Å². The third kappa shape index (κ3) is 5.63. The number of piperidine rings is 1. The van der Waals surface area contributed by atoms with E-state index in [1.807, 2.05) is 18.4 Å². The molecule has 0 spiro atoms. The lowest BCUT2D eigenvalue weighted by Gasteiger charge is -2.36. The topological polar surface area (TPSA) is 30.9 Å². The van der Waals surface area contributed by atoms with E-state index in [-0.39, 0.29) is 0 Å². The summed E-state index contributed by atoms with van der Waals surface area (Å²) in [7, 11) is 1.93. The van der Waals surface area contributed by atoms with Gasteiger partial charge in [-0.1, -0.05) is 13.0 Å². The van der Waals surface area contributed by atoms with Gasteiger partial charge in [-0.2, -0.15) is 11.8 Å². The molecule has 0 aromatic carbocycles. The molecule has 0 bridgehead atoms. The zero-order valence-corrected chi connectivity index (χ0v) is 17.2. The van der Waals surface area contributed by atoms with Crippen LogP contribution >= 0.6 is 23.1 Å². The molecule has 140 valence electrons. The molecular formula is C19H32N4S2. The Balaban J connectivity index is 1.39. The van der Waals surface area contributed by atoms with Crippen LogP contribution in [0.2, 0.25) is 0 Å². The highest BCUT2D eigenvalue weighted by atomic mass is 32.2. The number of thiophene rings is 1. The van der Waals surface area contributed by atoms with E-state index in [1.54, 1.807) is 0 Å². The Morgan fingerprint density at radius 3 is 2.84 bits per heavy atom. The summed E-state index contributed by atoms with van der Waals surface area (Å²) in [6, 6.07) is 4.41.